The zero-order chi connectivity index (χ0) is 13.6. The molecule has 104 valence electrons. The van der Waals surface area contributed by atoms with Crippen LogP contribution in [0.2, 0.25) is 0 Å². The molecule has 2 aliphatic heterocycles. The van der Waals surface area contributed by atoms with Crippen LogP contribution in [0.4, 0.5) is 4.79 Å². The third kappa shape index (κ3) is 2.34. The molecular formula is C13H24N2O3. The molecular weight excluding hydrogens is 232 g/mol. The van der Waals surface area contributed by atoms with Gasteiger partial charge in [-0.2, -0.15) is 0 Å². The minimum atomic E-state index is -0.485. The molecule has 0 aromatic rings. The Hall–Kier alpha value is -0.810. The number of aliphatic hydroxyl groups is 1. The molecule has 1 spiro atoms. The maximum absolute atomic E-state index is 12.1. The summed E-state index contributed by atoms with van der Waals surface area (Å²) in [6.45, 7) is 7.78. The number of hydrogen-bond acceptors (Lipinski definition) is 3. The lowest BCUT2D eigenvalue weighted by molar-refractivity contribution is 0.105. The molecule has 18 heavy (non-hydrogen) atoms. The van der Waals surface area contributed by atoms with E-state index >= 15 is 0 Å². The fourth-order valence-electron chi connectivity index (χ4n) is 2.94. The number of urea groups is 1. The third-order valence-electron chi connectivity index (χ3n) is 4.21. The van der Waals surface area contributed by atoms with Gasteiger partial charge in [0.05, 0.1) is 11.7 Å². The molecule has 1 N–H and O–H groups in total. The fourth-order valence-corrected chi connectivity index (χ4v) is 2.94. The molecule has 0 bridgehead atoms. The molecule has 0 aromatic carbocycles. The van der Waals surface area contributed by atoms with Crippen LogP contribution in [0.3, 0.4) is 0 Å². The van der Waals surface area contributed by atoms with Crippen molar-refractivity contribution in [1.29, 1.82) is 0 Å². The molecule has 2 heterocycles. The molecule has 5 heteroatoms. The highest BCUT2D eigenvalue weighted by Gasteiger charge is 2.64. The van der Waals surface area contributed by atoms with E-state index in [-0.39, 0.29) is 17.2 Å². The lowest BCUT2D eigenvalue weighted by Gasteiger charge is -2.34. The summed E-state index contributed by atoms with van der Waals surface area (Å²) in [5.74, 6) is 0. The van der Waals surface area contributed by atoms with Crippen LogP contribution in [0, 0.1) is 0 Å². The van der Waals surface area contributed by atoms with Gasteiger partial charge < -0.3 is 19.6 Å². The van der Waals surface area contributed by atoms with Gasteiger partial charge in [0, 0.05) is 26.7 Å². The van der Waals surface area contributed by atoms with Gasteiger partial charge >= 0.3 is 6.03 Å². The number of hydrogen-bond donors (Lipinski definition) is 1. The van der Waals surface area contributed by atoms with Crippen LogP contribution in [-0.4, -0.2) is 64.9 Å². The number of carbonyl (C=O) groups excluding carboxylic acids is 1. The van der Waals surface area contributed by atoms with Crippen LogP contribution in [0.15, 0.2) is 0 Å². The Morgan fingerprint density at radius 1 is 1.44 bits per heavy atom. The van der Waals surface area contributed by atoms with Gasteiger partial charge in [0.1, 0.15) is 5.60 Å². The summed E-state index contributed by atoms with van der Waals surface area (Å²) < 4.78 is 5.79. The number of aliphatic hydroxyl groups excluding tert-OH is 1. The smallest absolute Gasteiger partial charge is 0.319 e. The highest BCUT2D eigenvalue weighted by molar-refractivity contribution is 5.74. The first kappa shape index (κ1) is 13.6. The number of rotatable bonds is 2. The Balaban J connectivity index is 1.85. The highest BCUT2D eigenvalue weighted by Crippen LogP contribution is 2.53. The monoisotopic (exact) mass is 256 g/mol. The first-order valence-corrected chi connectivity index (χ1v) is 6.66. The van der Waals surface area contributed by atoms with Crippen LogP contribution in [0.1, 0.15) is 33.6 Å². The maximum Gasteiger partial charge on any atom is 0.319 e. The summed E-state index contributed by atoms with van der Waals surface area (Å²) in [6, 6.07) is 0.00389. The number of likely N-dealkylation sites (tertiary alicyclic amines) is 1. The normalized spacial score (nSPS) is 25.9. The van der Waals surface area contributed by atoms with Crippen molar-refractivity contribution in [2.75, 3.05) is 26.7 Å². The minimum absolute atomic E-state index is 0.00389. The van der Waals surface area contributed by atoms with Crippen molar-refractivity contribution in [1.82, 2.24) is 9.80 Å². The van der Waals surface area contributed by atoms with Crippen LogP contribution < -0.4 is 0 Å². The van der Waals surface area contributed by atoms with Crippen molar-refractivity contribution in [3.8, 4) is 0 Å². The molecule has 0 aliphatic carbocycles. The number of likely N-dealkylation sites (N-methyl/N-ethyl adjacent to an activating group) is 1. The fraction of sp³-hybridized carbons (Fsp3) is 0.923. The van der Waals surface area contributed by atoms with Crippen LogP contribution in [0.5, 0.6) is 0 Å². The van der Waals surface area contributed by atoms with Crippen molar-refractivity contribution in [3.63, 3.8) is 0 Å². The average molecular weight is 256 g/mol. The quantitative estimate of drug-likeness (QED) is 0.752. The highest BCUT2D eigenvalue weighted by atomic mass is 16.6. The summed E-state index contributed by atoms with van der Waals surface area (Å²) in [5, 5.41) is 9.30. The van der Waals surface area contributed by atoms with Crippen LogP contribution in [-0.2, 0) is 4.74 Å². The molecule has 1 unspecified atom stereocenters. The summed E-state index contributed by atoms with van der Waals surface area (Å²) in [6.07, 6.45) is 1.34. The second-order valence-corrected chi connectivity index (χ2v) is 6.11. The van der Waals surface area contributed by atoms with E-state index in [2.05, 4.69) is 13.8 Å². The van der Waals surface area contributed by atoms with Gasteiger partial charge in [0.25, 0.3) is 0 Å². The molecule has 0 saturated carbocycles. The molecule has 5 nitrogen and oxygen atoms in total. The Bertz CT molecular complexity index is 333. The zero-order valence-corrected chi connectivity index (χ0v) is 11.8. The van der Waals surface area contributed by atoms with E-state index in [1.165, 1.54) is 0 Å². The average Bonchev–Trinajstić information content (AvgIpc) is 2.79. The first-order valence-electron chi connectivity index (χ1n) is 6.66. The summed E-state index contributed by atoms with van der Waals surface area (Å²) >= 11 is 0. The maximum atomic E-state index is 12.1. The van der Waals surface area contributed by atoms with Gasteiger partial charge in [0.15, 0.2) is 0 Å². The van der Waals surface area contributed by atoms with Gasteiger partial charge in [-0.05, 0) is 33.6 Å². The van der Waals surface area contributed by atoms with Gasteiger partial charge in [-0.15, -0.1) is 0 Å². The first-order chi connectivity index (χ1) is 8.27. The third-order valence-corrected chi connectivity index (χ3v) is 4.21. The molecule has 2 saturated heterocycles. The molecule has 1 atom stereocenters. The number of epoxide rings is 1. The lowest BCUT2D eigenvalue weighted by Crippen LogP contribution is -2.49. The van der Waals surface area contributed by atoms with Crippen molar-refractivity contribution in [2.45, 2.75) is 50.9 Å². The molecule has 2 amide bonds. The van der Waals surface area contributed by atoms with Gasteiger partial charge in [-0.3, -0.25) is 0 Å². The Kier molecular flexibility index (Phi) is 3.32. The minimum Gasteiger partial charge on any atom is -0.392 e. The SMILES string of the molecule is CC(O)CN(C)C(=O)N1CCC2(CC1)OC2(C)C. The van der Waals surface area contributed by atoms with E-state index in [0.717, 1.165) is 25.9 Å². The number of piperidine rings is 1. The standard InChI is InChI=1S/C13H24N2O3/c1-10(16)9-14(4)11(17)15-7-5-13(6-8-15)12(2,3)18-13/h10,16H,5-9H2,1-4H3. The molecule has 0 aromatic heterocycles. The second-order valence-electron chi connectivity index (χ2n) is 6.11. The predicted molar refractivity (Wildman–Crippen MR) is 68.4 cm³/mol. The second kappa shape index (κ2) is 4.38. The van der Waals surface area contributed by atoms with E-state index in [0.29, 0.717) is 6.54 Å². The Labute approximate surface area is 109 Å². The van der Waals surface area contributed by atoms with Crippen molar-refractivity contribution >= 4 is 6.03 Å². The van der Waals surface area contributed by atoms with E-state index in [1.807, 2.05) is 4.90 Å². The van der Waals surface area contributed by atoms with Crippen LogP contribution in [0.25, 0.3) is 0 Å². The Morgan fingerprint density at radius 2 is 1.94 bits per heavy atom. The molecule has 2 aliphatic rings. The number of ether oxygens (including phenoxy) is 1. The van der Waals surface area contributed by atoms with E-state index in [4.69, 9.17) is 4.74 Å². The molecule has 0 radical (unpaired) electrons. The lowest BCUT2D eigenvalue weighted by atomic mass is 9.87. The van der Waals surface area contributed by atoms with E-state index in [9.17, 15) is 9.90 Å². The van der Waals surface area contributed by atoms with Gasteiger partial charge in [0.2, 0.25) is 0 Å². The largest absolute Gasteiger partial charge is 0.392 e. The molecule has 2 fully saturated rings. The topological polar surface area (TPSA) is 56.3 Å². The predicted octanol–water partition coefficient (Wildman–Crippen LogP) is 1.06. The van der Waals surface area contributed by atoms with Crippen molar-refractivity contribution in [2.24, 2.45) is 0 Å². The van der Waals surface area contributed by atoms with Crippen molar-refractivity contribution < 1.29 is 14.6 Å². The van der Waals surface area contributed by atoms with Gasteiger partial charge in [-0.25, -0.2) is 4.79 Å². The Morgan fingerprint density at radius 3 is 2.33 bits per heavy atom. The zero-order valence-electron chi connectivity index (χ0n) is 11.8. The van der Waals surface area contributed by atoms with Crippen LogP contribution >= 0.6 is 0 Å². The number of nitrogens with zero attached hydrogens (tertiary/aromatic N) is 2. The summed E-state index contributed by atoms with van der Waals surface area (Å²) in [4.78, 5) is 15.6. The number of carbonyl (C=O) groups is 1. The number of amides is 2. The van der Waals surface area contributed by atoms with Gasteiger partial charge in [-0.1, -0.05) is 0 Å². The summed E-state index contributed by atoms with van der Waals surface area (Å²) in [5.41, 5.74) is -0.0136. The van der Waals surface area contributed by atoms with E-state index < -0.39 is 6.10 Å². The van der Waals surface area contributed by atoms with E-state index in [1.54, 1.807) is 18.9 Å². The van der Waals surface area contributed by atoms with Crippen molar-refractivity contribution in [3.05, 3.63) is 0 Å². The summed E-state index contributed by atoms with van der Waals surface area (Å²) in [7, 11) is 1.73. The molecule has 2 rings (SSSR count).